The number of rotatable bonds is 7. The Morgan fingerprint density at radius 2 is 2.24 bits per heavy atom. The fourth-order valence-electron chi connectivity index (χ4n) is 2.51. The molecule has 0 radical (unpaired) electrons. The molecule has 4 nitrogen and oxygen atoms in total. The van der Waals surface area contributed by atoms with Gasteiger partial charge in [0.05, 0.1) is 32.0 Å². The summed E-state index contributed by atoms with van der Waals surface area (Å²) in [5.74, 6) is 0.825. The zero-order valence-electron chi connectivity index (χ0n) is 13.0. The van der Waals surface area contributed by atoms with Gasteiger partial charge in [-0.15, -0.1) is 0 Å². The molecule has 0 bridgehead atoms. The van der Waals surface area contributed by atoms with Crippen LogP contribution in [0.2, 0.25) is 0 Å². The second-order valence-corrected chi connectivity index (χ2v) is 5.48. The van der Waals surface area contributed by atoms with Crippen molar-refractivity contribution in [2.24, 2.45) is 0 Å². The third kappa shape index (κ3) is 4.99. The van der Waals surface area contributed by atoms with Gasteiger partial charge in [-0.05, 0) is 50.8 Å². The summed E-state index contributed by atoms with van der Waals surface area (Å²) in [6, 6.07) is 5.75. The summed E-state index contributed by atoms with van der Waals surface area (Å²) < 4.78 is 17.1. The van der Waals surface area contributed by atoms with Gasteiger partial charge in [0, 0.05) is 12.2 Å². The maximum absolute atomic E-state index is 9.70. The van der Waals surface area contributed by atoms with Gasteiger partial charge in [-0.3, -0.25) is 0 Å². The van der Waals surface area contributed by atoms with Crippen molar-refractivity contribution >= 4 is 0 Å². The van der Waals surface area contributed by atoms with Crippen molar-refractivity contribution in [2.75, 3.05) is 19.8 Å². The topological polar surface area (TPSA) is 47.9 Å². The van der Waals surface area contributed by atoms with Crippen molar-refractivity contribution < 1.29 is 19.3 Å². The standard InChI is InChI=1S/C17H26O4/c1-3-20-17-8-7-14(13(2)18)10-15(17)11-19-12-16-6-4-5-9-21-16/h7-8,10,13,16,18H,3-6,9,11-12H2,1-2H3. The Morgan fingerprint density at radius 3 is 2.90 bits per heavy atom. The van der Waals surface area contributed by atoms with Crippen LogP contribution in [-0.4, -0.2) is 31.0 Å². The lowest BCUT2D eigenvalue weighted by molar-refractivity contribution is -0.0450. The van der Waals surface area contributed by atoms with Gasteiger partial charge >= 0.3 is 0 Å². The average Bonchev–Trinajstić information content (AvgIpc) is 2.50. The summed E-state index contributed by atoms with van der Waals surface area (Å²) in [7, 11) is 0. The van der Waals surface area contributed by atoms with Crippen LogP contribution in [0, 0.1) is 0 Å². The van der Waals surface area contributed by atoms with E-state index in [9.17, 15) is 5.11 Å². The molecule has 2 atom stereocenters. The van der Waals surface area contributed by atoms with Crippen LogP contribution in [-0.2, 0) is 16.1 Å². The van der Waals surface area contributed by atoms with Gasteiger partial charge in [0.25, 0.3) is 0 Å². The predicted octanol–water partition coefficient (Wildman–Crippen LogP) is 3.22. The van der Waals surface area contributed by atoms with E-state index in [1.807, 2.05) is 25.1 Å². The highest BCUT2D eigenvalue weighted by Gasteiger charge is 2.15. The van der Waals surface area contributed by atoms with Gasteiger partial charge in [0.2, 0.25) is 0 Å². The lowest BCUT2D eigenvalue weighted by Crippen LogP contribution is -2.24. The zero-order chi connectivity index (χ0) is 15.1. The van der Waals surface area contributed by atoms with E-state index in [4.69, 9.17) is 14.2 Å². The Hall–Kier alpha value is -1.10. The highest BCUT2D eigenvalue weighted by atomic mass is 16.5. The Labute approximate surface area is 127 Å². The van der Waals surface area contributed by atoms with E-state index < -0.39 is 6.10 Å². The fourth-order valence-corrected chi connectivity index (χ4v) is 2.51. The van der Waals surface area contributed by atoms with Crippen molar-refractivity contribution in [3.05, 3.63) is 29.3 Å². The summed E-state index contributed by atoms with van der Waals surface area (Å²) in [6.45, 7) is 6.28. The quantitative estimate of drug-likeness (QED) is 0.839. The van der Waals surface area contributed by atoms with E-state index in [0.717, 1.165) is 36.3 Å². The first-order valence-electron chi connectivity index (χ1n) is 7.83. The van der Waals surface area contributed by atoms with E-state index in [1.54, 1.807) is 6.92 Å². The molecule has 2 unspecified atom stereocenters. The Kier molecular flexibility index (Phi) is 6.49. The first-order chi connectivity index (χ1) is 10.2. The van der Waals surface area contributed by atoms with Crippen LogP contribution in [0.5, 0.6) is 5.75 Å². The molecule has 21 heavy (non-hydrogen) atoms. The molecule has 1 aliphatic rings. The first-order valence-corrected chi connectivity index (χ1v) is 7.83. The van der Waals surface area contributed by atoms with E-state index in [-0.39, 0.29) is 6.10 Å². The van der Waals surface area contributed by atoms with Crippen LogP contribution in [0.1, 0.15) is 50.3 Å². The minimum atomic E-state index is -0.485. The molecule has 0 spiro atoms. The Morgan fingerprint density at radius 1 is 1.38 bits per heavy atom. The highest BCUT2D eigenvalue weighted by Crippen LogP contribution is 2.25. The number of benzene rings is 1. The van der Waals surface area contributed by atoms with Gasteiger partial charge in [-0.1, -0.05) is 6.07 Å². The lowest BCUT2D eigenvalue weighted by Gasteiger charge is -2.22. The molecular formula is C17H26O4. The molecule has 1 saturated heterocycles. The molecule has 1 heterocycles. The molecule has 0 aromatic heterocycles. The van der Waals surface area contributed by atoms with E-state index in [1.165, 1.54) is 6.42 Å². The van der Waals surface area contributed by atoms with Crippen LogP contribution in [0.4, 0.5) is 0 Å². The number of ether oxygens (including phenoxy) is 3. The maximum Gasteiger partial charge on any atom is 0.124 e. The van der Waals surface area contributed by atoms with Crippen LogP contribution in [0.15, 0.2) is 18.2 Å². The van der Waals surface area contributed by atoms with Gasteiger partial charge in [-0.25, -0.2) is 0 Å². The normalized spacial score (nSPS) is 20.2. The molecule has 1 N–H and O–H groups in total. The third-order valence-corrected chi connectivity index (χ3v) is 3.70. The number of hydrogen-bond donors (Lipinski definition) is 1. The molecule has 1 aromatic rings. The van der Waals surface area contributed by atoms with E-state index in [2.05, 4.69) is 0 Å². The van der Waals surface area contributed by atoms with Crippen molar-refractivity contribution in [3.8, 4) is 5.75 Å². The summed E-state index contributed by atoms with van der Waals surface area (Å²) in [5.41, 5.74) is 1.86. The third-order valence-electron chi connectivity index (χ3n) is 3.70. The Bertz CT molecular complexity index is 425. The summed E-state index contributed by atoms with van der Waals surface area (Å²) in [4.78, 5) is 0. The van der Waals surface area contributed by atoms with Crippen LogP contribution < -0.4 is 4.74 Å². The fraction of sp³-hybridized carbons (Fsp3) is 0.647. The molecule has 0 saturated carbocycles. The van der Waals surface area contributed by atoms with Crippen LogP contribution in [0.25, 0.3) is 0 Å². The zero-order valence-corrected chi connectivity index (χ0v) is 13.0. The van der Waals surface area contributed by atoms with Crippen LogP contribution >= 0.6 is 0 Å². The van der Waals surface area contributed by atoms with Crippen LogP contribution in [0.3, 0.4) is 0 Å². The van der Waals surface area contributed by atoms with Crippen molar-refractivity contribution in [1.82, 2.24) is 0 Å². The average molecular weight is 294 g/mol. The molecule has 1 fully saturated rings. The SMILES string of the molecule is CCOc1ccc(C(C)O)cc1COCC1CCCCO1. The second-order valence-electron chi connectivity index (χ2n) is 5.48. The minimum absolute atomic E-state index is 0.217. The monoisotopic (exact) mass is 294 g/mol. The van der Waals surface area contributed by atoms with Gasteiger partial charge in [0.1, 0.15) is 5.75 Å². The van der Waals surface area contributed by atoms with Crippen molar-refractivity contribution in [1.29, 1.82) is 0 Å². The molecule has 4 heteroatoms. The smallest absolute Gasteiger partial charge is 0.124 e. The number of hydrogen-bond acceptors (Lipinski definition) is 4. The number of aliphatic hydroxyl groups excluding tert-OH is 1. The maximum atomic E-state index is 9.70. The predicted molar refractivity (Wildman–Crippen MR) is 81.5 cm³/mol. The van der Waals surface area contributed by atoms with E-state index >= 15 is 0 Å². The molecular weight excluding hydrogens is 268 g/mol. The summed E-state index contributed by atoms with van der Waals surface area (Å²) in [6.07, 6.45) is 3.18. The van der Waals surface area contributed by atoms with Crippen molar-refractivity contribution in [2.45, 2.75) is 51.9 Å². The van der Waals surface area contributed by atoms with Gasteiger partial charge in [0.15, 0.2) is 0 Å². The van der Waals surface area contributed by atoms with Crippen molar-refractivity contribution in [3.63, 3.8) is 0 Å². The molecule has 118 valence electrons. The van der Waals surface area contributed by atoms with E-state index in [0.29, 0.717) is 19.8 Å². The lowest BCUT2D eigenvalue weighted by atomic mass is 10.1. The molecule has 2 rings (SSSR count). The molecule has 1 aromatic carbocycles. The Balaban J connectivity index is 1.93. The van der Waals surface area contributed by atoms with Gasteiger partial charge < -0.3 is 19.3 Å². The largest absolute Gasteiger partial charge is 0.494 e. The molecule has 0 aliphatic carbocycles. The first kappa shape index (κ1) is 16.3. The summed E-state index contributed by atoms with van der Waals surface area (Å²) in [5, 5.41) is 9.70. The number of aliphatic hydroxyl groups is 1. The highest BCUT2D eigenvalue weighted by molar-refractivity contribution is 5.37. The molecule has 1 aliphatic heterocycles. The van der Waals surface area contributed by atoms with Gasteiger partial charge in [-0.2, -0.15) is 0 Å². The minimum Gasteiger partial charge on any atom is -0.494 e. The summed E-state index contributed by atoms with van der Waals surface area (Å²) >= 11 is 0. The molecule has 0 amide bonds. The second kappa shape index (κ2) is 8.37.